The molecule has 3 N–H and O–H groups in total. The smallest absolute Gasteiger partial charge is 0.292 e. The van der Waals surface area contributed by atoms with Gasteiger partial charge in [-0.25, -0.2) is 0 Å². The van der Waals surface area contributed by atoms with Crippen molar-refractivity contribution in [2.75, 3.05) is 0 Å². The first-order valence-corrected chi connectivity index (χ1v) is 6.74. The number of fused-ring (bicyclic) bond motifs is 1. The molecule has 0 bridgehead atoms. The summed E-state index contributed by atoms with van der Waals surface area (Å²) in [6, 6.07) is 12.0. The quantitative estimate of drug-likeness (QED) is 0.547. The molecule has 2 aromatic carbocycles. The van der Waals surface area contributed by atoms with Gasteiger partial charge in [0, 0.05) is 11.6 Å². The zero-order chi connectivity index (χ0) is 16.4. The van der Waals surface area contributed by atoms with Gasteiger partial charge in [0.15, 0.2) is 0 Å². The van der Waals surface area contributed by atoms with Crippen molar-refractivity contribution in [3.05, 3.63) is 68.3 Å². The van der Waals surface area contributed by atoms with E-state index in [-0.39, 0.29) is 0 Å². The third kappa shape index (κ3) is 2.99. The number of hydrogen-bond donors (Lipinski definition) is 2. The molecule has 9 nitrogen and oxygen atoms in total. The SMILES string of the molecule is O=[N+]([O-])c1cc2nc([NH2+]Cc3ccccc3)[nH]c2cc1[N+](=O)[O-]. The lowest BCUT2D eigenvalue weighted by atomic mass is 10.2. The Kier molecular flexibility index (Phi) is 3.69. The number of aromatic amines is 1. The fourth-order valence-electron chi connectivity index (χ4n) is 2.27. The lowest BCUT2D eigenvalue weighted by Crippen LogP contribution is -2.76. The van der Waals surface area contributed by atoms with Crippen LogP contribution < -0.4 is 5.32 Å². The Morgan fingerprint density at radius 3 is 2.35 bits per heavy atom. The minimum absolute atomic E-state index is 0.321. The van der Waals surface area contributed by atoms with E-state index in [1.807, 2.05) is 35.6 Å². The minimum atomic E-state index is -0.778. The first-order valence-electron chi connectivity index (χ1n) is 6.74. The number of nitro benzene ring substituents is 2. The maximum atomic E-state index is 10.9. The Bertz CT molecular complexity index is 840. The molecular formula is C14H12N5O4+. The topological polar surface area (TPSA) is 132 Å². The van der Waals surface area contributed by atoms with Gasteiger partial charge in [-0.2, -0.15) is 4.98 Å². The Balaban J connectivity index is 1.92. The van der Waals surface area contributed by atoms with E-state index in [0.29, 0.717) is 23.5 Å². The van der Waals surface area contributed by atoms with Crippen LogP contribution in [0.3, 0.4) is 0 Å². The summed E-state index contributed by atoms with van der Waals surface area (Å²) >= 11 is 0. The van der Waals surface area contributed by atoms with Gasteiger partial charge in [0.25, 0.3) is 0 Å². The number of H-pyrrole nitrogens is 1. The fourth-order valence-corrected chi connectivity index (χ4v) is 2.27. The first-order chi connectivity index (χ1) is 11.0. The zero-order valence-electron chi connectivity index (χ0n) is 11.8. The van der Waals surface area contributed by atoms with E-state index in [0.717, 1.165) is 17.7 Å². The molecule has 0 spiro atoms. The van der Waals surface area contributed by atoms with Crippen molar-refractivity contribution >= 4 is 28.4 Å². The van der Waals surface area contributed by atoms with Crippen LogP contribution in [0.15, 0.2) is 42.5 Å². The molecule has 0 fully saturated rings. The Morgan fingerprint density at radius 1 is 1.04 bits per heavy atom. The van der Waals surface area contributed by atoms with Crippen LogP contribution in [0, 0.1) is 20.2 Å². The average Bonchev–Trinajstić information content (AvgIpc) is 2.94. The van der Waals surface area contributed by atoms with Crippen LogP contribution in [-0.2, 0) is 6.54 Å². The summed E-state index contributed by atoms with van der Waals surface area (Å²) in [6.07, 6.45) is 0. The van der Waals surface area contributed by atoms with Gasteiger partial charge in [0.1, 0.15) is 12.1 Å². The van der Waals surface area contributed by atoms with E-state index in [9.17, 15) is 20.2 Å². The second-order valence-corrected chi connectivity index (χ2v) is 4.89. The fraction of sp³-hybridized carbons (Fsp3) is 0.0714. The number of benzene rings is 2. The van der Waals surface area contributed by atoms with Crippen LogP contribution in [0.1, 0.15) is 5.56 Å². The van der Waals surface area contributed by atoms with Crippen molar-refractivity contribution in [1.82, 2.24) is 9.97 Å². The van der Waals surface area contributed by atoms with Gasteiger partial charge in [-0.05, 0) is 0 Å². The monoisotopic (exact) mass is 314 g/mol. The molecule has 0 aliphatic heterocycles. The van der Waals surface area contributed by atoms with Crippen LogP contribution in [0.25, 0.3) is 11.0 Å². The molecule has 0 amide bonds. The van der Waals surface area contributed by atoms with Crippen molar-refractivity contribution in [3.8, 4) is 0 Å². The highest BCUT2D eigenvalue weighted by molar-refractivity contribution is 5.83. The molecule has 1 aromatic heterocycles. The van der Waals surface area contributed by atoms with E-state index in [2.05, 4.69) is 9.97 Å². The van der Waals surface area contributed by atoms with Gasteiger partial charge >= 0.3 is 17.3 Å². The highest BCUT2D eigenvalue weighted by Gasteiger charge is 2.26. The Hall–Kier alpha value is -3.33. The summed E-state index contributed by atoms with van der Waals surface area (Å²) in [5, 5.41) is 23.7. The number of hydrogen-bond acceptors (Lipinski definition) is 5. The molecule has 0 saturated heterocycles. The molecule has 9 heteroatoms. The molecule has 0 aliphatic carbocycles. The molecule has 0 saturated carbocycles. The Labute approximate surface area is 129 Å². The van der Waals surface area contributed by atoms with Gasteiger partial charge in [-0.3, -0.25) is 30.5 Å². The zero-order valence-corrected chi connectivity index (χ0v) is 11.8. The number of nitrogens with two attached hydrogens (primary N) is 1. The minimum Gasteiger partial charge on any atom is -0.292 e. The third-order valence-electron chi connectivity index (χ3n) is 3.36. The van der Waals surface area contributed by atoms with E-state index in [1.165, 1.54) is 0 Å². The maximum Gasteiger partial charge on any atom is 0.348 e. The van der Waals surface area contributed by atoms with E-state index in [4.69, 9.17) is 0 Å². The number of nitro groups is 2. The van der Waals surface area contributed by atoms with Crippen molar-refractivity contribution in [2.45, 2.75) is 6.54 Å². The maximum absolute atomic E-state index is 10.9. The van der Waals surface area contributed by atoms with Crippen LogP contribution in [0.2, 0.25) is 0 Å². The predicted molar refractivity (Wildman–Crippen MR) is 81.1 cm³/mol. The molecule has 0 unspecified atom stereocenters. The molecule has 23 heavy (non-hydrogen) atoms. The second-order valence-electron chi connectivity index (χ2n) is 4.89. The van der Waals surface area contributed by atoms with Gasteiger partial charge in [0.2, 0.25) is 0 Å². The highest BCUT2D eigenvalue weighted by atomic mass is 16.6. The number of aromatic nitrogens is 2. The molecular weight excluding hydrogens is 302 g/mol. The molecule has 0 aliphatic rings. The first kappa shape index (κ1) is 14.6. The predicted octanol–water partition coefficient (Wildman–Crippen LogP) is 1.77. The van der Waals surface area contributed by atoms with Gasteiger partial charge in [-0.1, -0.05) is 30.3 Å². The number of nitrogens with one attached hydrogen (secondary N) is 1. The lowest BCUT2D eigenvalue weighted by molar-refractivity contribution is -0.595. The van der Waals surface area contributed by atoms with Gasteiger partial charge < -0.3 is 0 Å². The molecule has 3 rings (SSSR count). The van der Waals surface area contributed by atoms with Crippen molar-refractivity contribution in [1.29, 1.82) is 0 Å². The summed E-state index contributed by atoms with van der Waals surface area (Å²) in [5.41, 5.74) is 0.678. The molecule has 1 heterocycles. The Morgan fingerprint density at radius 2 is 1.70 bits per heavy atom. The number of imidazole rings is 1. The number of rotatable bonds is 5. The molecule has 0 atom stereocenters. The molecule has 3 aromatic rings. The molecule has 0 radical (unpaired) electrons. The van der Waals surface area contributed by atoms with Crippen LogP contribution in [-0.4, -0.2) is 19.8 Å². The largest absolute Gasteiger partial charge is 0.348 e. The summed E-state index contributed by atoms with van der Waals surface area (Å²) < 4.78 is 0. The molecule has 116 valence electrons. The van der Waals surface area contributed by atoms with Gasteiger partial charge in [0.05, 0.1) is 21.4 Å². The van der Waals surface area contributed by atoms with E-state index < -0.39 is 21.2 Å². The van der Waals surface area contributed by atoms with E-state index >= 15 is 0 Å². The second kappa shape index (κ2) is 5.81. The highest BCUT2D eigenvalue weighted by Crippen LogP contribution is 2.30. The van der Waals surface area contributed by atoms with Crippen LogP contribution in [0.5, 0.6) is 0 Å². The van der Waals surface area contributed by atoms with E-state index in [1.54, 1.807) is 0 Å². The van der Waals surface area contributed by atoms with Crippen LogP contribution in [0.4, 0.5) is 17.3 Å². The average molecular weight is 314 g/mol. The summed E-state index contributed by atoms with van der Waals surface area (Å²) in [7, 11) is 0. The summed E-state index contributed by atoms with van der Waals surface area (Å²) in [6.45, 7) is 0.630. The standard InChI is InChI=1S/C14H11N5O4/c20-18(21)12-6-10-11(7-13(12)19(22)23)17-14(16-10)15-8-9-4-2-1-3-5-9/h1-7H,8H2,(H2,15,16,17)/p+1. The number of nitrogens with zero attached hydrogens (tertiary/aromatic N) is 3. The number of quaternary nitrogens is 1. The van der Waals surface area contributed by atoms with Crippen molar-refractivity contribution < 1.29 is 15.2 Å². The van der Waals surface area contributed by atoms with Gasteiger partial charge in [-0.15, -0.1) is 0 Å². The lowest BCUT2D eigenvalue weighted by Gasteiger charge is -1.96. The summed E-state index contributed by atoms with van der Waals surface area (Å²) in [4.78, 5) is 27.5. The third-order valence-corrected chi connectivity index (χ3v) is 3.36. The normalized spacial score (nSPS) is 10.8. The van der Waals surface area contributed by atoms with Crippen LogP contribution >= 0.6 is 0 Å². The van der Waals surface area contributed by atoms with Crippen molar-refractivity contribution in [2.24, 2.45) is 0 Å². The summed E-state index contributed by atoms with van der Waals surface area (Å²) in [5.74, 6) is 0.513. The van der Waals surface area contributed by atoms with Crippen molar-refractivity contribution in [3.63, 3.8) is 0 Å².